The van der Waals surface area contributed by atoms with Gasteiger partial charge in [0, 0.05) is 32.0 Å². The van der Waals surface area contributed by atoms with E-state index < -0.39 is 17.5 Å². The molecule has 118 valence electrons. The molecule has 2 amide bonds. The Morgan fingerprint density at radius 1 is 1.32 bits per heavy atom. The molecule has 1 aliphatic rings. The molecule has 0 fully saturated rings. The van der Waals surface area contributed by atoms with Crippen LogP contribution in [0, 0.1) is 11.6 Å². The lowest BCUT2D eigenvalue weighted by Gasteiger charge is -2.25. The van der Waals surface area contributed by atoms with Gasteiger partial charge < -0.3 is 4.90 Å². The number of hydrazone groups is 1. The summed E-state index contributed by atoms with van der Waals surface area (Å²) < 4.78 is 27.4. The van der Waals surface area contributed by atoms with Gasteiger partial charge in [-0.15, -0.1) is 0 Å². The Labute approximate surface area is 127 Å². The minimum Gasteiger partial charge on any atom is -0.333 e. The van der Waals surface area contributed by atoms with Crippen molar-refractivity contribution in [2.45, 2.75) is 26.3 Å². The number of benzene rings is 1. The van der Waals surface area contributed by atoms with Crippen molar-refractivity contribution in [2.24, 2.45) is 5.10 Å². The molecule has 0 aliphatic carbocycles. The van der Waals surface area contributed by atoms with Gasteiger partial charge in [-0.1, -0.05) is 6.07 Å². The molecular weight excluding hydrogens is 292 g/mol. The summed E-state index contributed by atoms with van der Waals surface area (Å²) in [6.07, 6.45) is 0.435. The van der Waals surface area contributed by atoms with Crippen LogP contribution in [0.15, 0.2) is 23.3 Å². The van der Waals surface area contributed by atoms with E-state index in [4.69, 9.17) is 0 Å². The maximum absolute atomic E-state index is 13.7. The van der Waals surface area contributed by atoms with Crippen molar-refractivity contribution in [3.05, 3.63) is 35.4 Å². The predicted octanol–water partition coefficient (Wildman–Crippen LogP) is 1.92. The second-order valence-electron chi connectivity index (χ2n) is 4.98. The molecule has 0 bridgehead atoms. The van der Waals surface area contributed by atoms with Crippen molar-refractivity contribution < 1.29 is 18.4 Å². The molecule has 2 rings (SSSR count). The topological polar surface area (TPSA) is 53.0 Å². The normalized spacial score (nSPS) is 14.8. The average molecular weight is 309 g/mol. The second-order valence-corrected chi connectivity index (χ2v) is 4.98. The highest BCUT2D eigenvalue weighted by Gasteiger charge is 2.26. The van der Waals surface area contributed by atoms with E-state index in [0.717, 1.165) is 17.1 Å². The fourth-order valence-electron chi connectivity index (χ4n) is 2.21. The maximum atomic E-state index is 13.7. The lowest BCUT2D eigenvalue weighted by Crippen LogP contribution is -2.40. The van der Waals surface area contributed by atoms with Crippen molar-refractivity contribution >= 4 is 17.5 Å². The van der Waals surface area contributed by atoms with E-state index in [2.05, 4.69) is 5.10 Å². The number of hydrogen-bond donors (Lipinski definition) is 0. The Morgan fingerprint density at radius 2 is 1.95 bits per heavy atom. The Hall–Kier alpha value is -2.31. The minimum absolute atomic E-state index is 0.154. The summed E-state index contributed by atoms with van der Waals surface area (Å²) >= 11 is 0. The van der Waals surface area contributed by atoms with Crippen molar-refractivity contribution in [2.75, 3.05) is 13.6 Å². The summed E-state index contributed by atoms with van der Waals surface area (Å²) in [5, 5.41) is 5.06. The van der Waals surface area contributed by atoms with Crippen LogP contribution in [0.1, 0.15) is 25.3 Å². The summed E-state index contributed by atoms with van der Waals surface area (Å²) in [6.45, 7) is 1.82. The average Bonchev–Trinajstić information content (AvgIpc) is 2.49. The number of hydrogen-bond acceptors (Lipinski definition) is 3. The van der Waals surface area contributed by atoms with Gasteiger partial charge in [-0.25, -0.2) is 13.8 Å². The van der Waals surface area contributed by atoms with Gasteiger partial charge in [0.05, 0.1) is 6.54 Å². The van der Waals surface area contributed by atoms with Crippen LogP contribution in [-0.2, 0) is 16.1 Å². The van der Waals surface area contributed by atoms with Crippen LogP contribution in [-0.4, -0.2) is 41.0 Å². The smallest absolute Gasteiger partial charge is 0.270 e. The van der Waals surface area contributed by atoms with E-state index in [-0.39, 0.29) is 43.1 Å². The Morgan fingerprint density at radius 3 is 2.50 bits per heavy atom. The van der Waals surface area contributed by atoms with Gasteiger partial charge in [-0.05, 0) is 19.1 Å². The highest BCUT2D eigenvalue weighted by atomic mass is 19.1. The summed E-state index contributed by atoms with van der Waals surface area (Å²) in [7, 11) is 1.47. The number of carbonyl (C=O) groups is 2. The molecule has 0 N–H and O–H groups in total. The second kappa shape index (κ2) is 6.64. The lowest BCUT2D eigenvalue weighted by molar-refractivity contribution is -0.130. The zero-order valence-corrected chi connectivity index (χ0v) is 12.5. The summed E-state index contributed by atoms with van der Waals surface area (Å²) in [5.74, 6) is -1.96. The van der Waals surface area contributed by atoms with Crippen LogP contribution in [0.3, 0.4) is 0 Å². The van der Waals surface area contributed by atoms with Crippen molar-refractivity contribution in [3.8, 4) is 0 Å². The molecule has 1 aromatic carbocycles. The van der Waals surface area contributed by atoms with E-state index in [9.17, 15) is 18.4 Å². The minimum atomic E-state index is -0.691. The predicted molar refractivity (Wildman–Crippen MR) is 76.9 cm³/mol. The highest BCUT2D eigenvalue weighted by Crippen LogP contribution is 2.16. The van der Waals surface area contributed by atoms with E-state index in [0.29, 0.717) is 0 Å². The standard InChI is InChI=1S/C15H17F2N3O2/c1-3-20(9-10-11(16)5-4-6-12(10)17)15(22)13-7-8-14(21)19(2)18-13/h4-6H,3,7-9H2,1-2H3. The van der Waals surface area contributed by atoms with Gasteiger partial charge in [-0.2, -0.15) is 5.10 Å². The molecule has 22 heavy (non-hydrogen) atoms. The third-order valence-electron chi connectivity index (χ3n) is 3.53. The van der Waals surface area contributed by atoms with Gasteiger partial charge in [-0.3, -0.25) is 9.59 Å². The van der Waals surface area contributed by atoms with Gasteiger partial charge in [0.15, 0.2) is 0 Å². The van der Waals surface area contributed by atoms with Crippen LogP contribution in [0.4, 0.5) is 8.78 Å². The summed E-state index contributed by atoms with van der Waals surface area (Å²) in [6, 6.07) is 3.58. The zero-order valence-electron chi connectivity index (χ0n) is 12.5. The van der Waals surface area contributed by atoms with Gasteiger partial charge in [0.25, 0.3) is 5.91 Å². The Balaban J connectivity index is 2.20. The fourth-order valence-corrected chi connectivity index (χ4v) is 2.21. The van der Waals surface area contributed by atoms with Crippen LogP contribution in [0.5, 0.6) is 0 Å². The van der Waals surface area contributed by atoms with E-state index in [1.807, 2.05) is 0 Å². The van der Waals surface area contributed by atoms with Gasteiger partial charge >= 0.3 is 0 Å². The molecule has 1 aromatic rings. The van der Waals surface area contributed by atoms with E-state index >= 15 is 0 Å². The number of carbonyl (C=O) groups excluding carboxylic acids is 2. The first-order valence-corrected chi connectivity index (χ1v) is 7.00. The molecule has 5 nitrogen and oxygen atoms in total. The molecule has 0 atom stereocenters. The van der Waals surface area contributed by atoms with Crippen LogP contribution in [0.25, 0.3) is 0 Å². The number of nitrogens with zero attached hydrogens (tertiary/aromatic N) is 3. The molecule has 0 spiro atoms. The van der Waals surface area contributed by atoms with Crippen LogP contribution < -0.4 is 0 Å². The third kappa shape index (κ3) is 3.29. The summed E-state index contributed by atoms with van der Waals surface area (Å²) in [5.41, 5.74) is 0.0687. The SMILES string of the molecule is CCN(Cc1c(F)cccc1F)C(=O)C1=NN(C)C(=O)CC1. The maximum Gasteiger partial charge on any atom is 0.270 e. The molecule has 0 aromatic heterocycles. The van der Waals surface area contributed by atoms with E-state index in [1.54, 1.807) is 6.92 Å². The molecule has 7 heteroatoms. The zero-order chi connectivity index (χ0) is 16.3. The van der Waals surface area contributed by atoms with Crippen LogP contribution >= 0.6 is 0 Å². The molecular formula is C15H17F2N3O2. The number of rotatable bonds is 4. The van der Waals surface area contributed by atoms with Crippen LogP contribution in [0.2, 0.25) is 0 Å². The van der Waals surface area contributed by atoms with E-state index in [1.165, 1.54) is 18.0 Å². The van der Waals surface area contributed by atoms with Gasteiger partial charge in [0.2, 0.25) is 5.91 Å². The Kier molecular flexibility index (Phi) is 4.85. The molecule has 0 unspecified atom stereocenters. The molecule has 1 heterocycles. The number of halogens is 2. The highest BCUT2D eigenvalue weighted by molar-refractivity contribution is 6.39. The lowest BCUT2D eigenvalue weighted by atomic mass is 10.1. The monoisotopic (exact) mass is 309 g/mol. The van der Waals surface area contributed by atoms with Crippen molar-refractivity contribution in [3.63, 3.8) is 0 Å². The van der Waals surface area contributed by atoms with Crippen molar-refractivity contribution in [1.29, 1.82) is 0 Å². The largest absolute Gasteiger partial charge is 0.333 e. The molecule has 0 saturated carbocycles. The molecule has 0 saturated heterocycles. The first-order valence-electron chi connectivity index (χ1n) is 7.00. The number of amides is 2. The third-order valence-corrected chi connectivity index (χ3v) is 3.53. The van der Waals surface area contributed by atoms with Crippen molar-refractivity contribution in [1.82, 2.24) is 9.91 Å². The fraction of sp³-hybridized carbons (Fsp3) is 0.400. The first-order chi connectivity index (χ1) is 10.4. The molecule has 0 radical (unpaired) electrons. The first kappa shape index (κ1) is 16.1. The quantitative estimate of drug-likeness (QED) is 0.853. The molecule has 1 aliphatic heterocycles. The summed E-state index contributed by atoms with van der Waals surface area (Å²) in [4.78, 5) is 25.1. The Bertz CT molecular complexity index is 611. The van der Waals surface area contributed by atoms with Gasteiger partial charge in [0.1, 0.15) is 17.3 Å².